The van der Waals surface area contributed by atoms with E-state index in [1.54, 1.807) is 30.3 Å². The molecule has 0 saturated heterocycles. The van der Waals surface area contributed by atoms with Gasteiger partial charge in [0.1, 0.15) is 5.71 Å². The molecule has 186 valence electrons. The highest BCUT2D eigenvalue weighted by molar-refractivity contribution is 7.90. The van der Waals surface area contributed by atoms with Crippen molar-refractivity contribution in [2.24, 2.45) is 5.10 Å². The number of carbonyl (C=O) groups is 2. The fourth-order valence-corrected chi connectivity index (χ4v) is 4.70. The molecular weight excluding hydrogens is 495 g/mol. The van der Waals surface area contributed by atoms with Crippen molar-refractivity contribution < 1.29 is 31.2 Å². The predicted molar refractivity (Wildman–Crippen MR) is 127 cm³/mol. The number of amides is 1. The lowest BCUT2D eigenvalue weighted by Gasteiger charge is -2.24. The SMILES string of the molecule is CC(=O)c1ccc(C(=O)NS(=O)(=O)c2ccc(N3N=C(C(F)(F)F)CC3c3ccccc3)cc2)cc1. The van der Waals surface area contributed by atoms with Crippen LogP contribution in [-0.2, 0) is 10.0 Å². The molecular formula is C25H20F3N3O4S. The molecule has 3 aromatic carbocycles. The smallest absolute Gasteiger partial charge is 0.295 e. The van der Waals surface area contributed by atoms with E-state index >= 15 is 0 Å². The van der Waals surface area contributed by atoms with Crippen molar-refractivity contribution in [3.8, 4) is 0 Å². The van der Waals surface area contributed by atoms with Crippen LogP contribution in [-0.4, -0.2) is 32.0 Å². The van der Waals surface area contributed by atoms with Crippen molar-refractivity contribution in [1.82, 2.24) is 4.72 Å². The second kappa shape index (κ2) is 9.57. The third-order valence-corrected chi connectivity index (χ3v) is 6.96. The molecule has 0 spiro atoms. The molecule has 1 amide bonds. The molecule has 1 heterocycles. The second-order valence-electron chi connectivity index (χ2n) is 8.08. The van der Waals surface area contributed by atoms with Crippen LogP contribution in [0.15, 0.2) is 88.9 Å². The van der Waals surface area contributed by atoms with Crippen molar-refractivity contribution >= 4 is 33.1 Å². The Bertz CT molecular complexity index is 1420. The molecule has 0 bridgehead atoms. The van der Waals surface area contributed by atoms with Crippen LogP contribution in [0.25, 0.3) is 0 Å². The highest BCUT2D eigenvalue weighted by Crippen LogP contribution is 2.39. The van der Waals surface area contributed by atoms with E-state index < -0.39 is 33.9 Å². The van der Waals surface area contributed by atoms with Crippen LogP contribution in [0, 0.1) is 0 Å². The van der Waals surface area contributed by atoms with Gasteiger partial charge in [-0.3, -0.25) is 14.6 Å². The summed E-state index contributed by atoms with van der Waals surface area (Å²) < 4.78 is 67.5. The van der Waals surface area contributed by atoms with E-state index in [9.17, 15) is 31.2 Å². The van der Waals surface area contributed by atoms with Gasteiger partial charge in [0, 0.05) is 17.5 Å². The Morgan fingerprint density at radius 1 is 0.917 bits per heavy atom. The average Bonchev–Trinajstić information content (AvgIpc) is 3.31. The number of hydrogen-bond acceptors (Lipinski definition) is 6. The summed E-state index contributed by atoms with van der Waals surface area (Å²) in [6.07, 6.45) is -4.95. The zero-order valence-electron chi connectivity index (χ0n) is 18.9. The molecule has 1 N–H and O–H groups in total. The number of carbonyl (C=O) groups excluding carboxylic acids is 2. The topological polar surface area (TPSA) is 95.9 Å². The number of benzene rings is 3. The molecule has 11 heteroatoms. The normalized spacial score (nSPS) is 15.9. The number of hydrogen-bond donors (Lipinski definition) is 1. The highest BCUT2D eigenvalue weighted by Gasteiger charge is 2.43. The maximum atomic E-state index is 13.4. The largest absolute Gasteiger partial charge is 0.431 e. The number of Topliss-reactive ketones (excluding diaryl/α,β-unsaturated/α-hetero) is 1. The van der Waals surface area contributed by atoms with Gasteiger partial charge in [-0.1, -0.05) is 42.5 Å². The van der Waals surface area contributed by atoms with Gasteiger partial charge in [-0.15, -0.1) is 0 Å². The quantitative estimate of drug-likeness (QED) is 0.472. The third kappa shape index (κ3) is 5.30. The Kier molecular flexibility index (Phi) is 6.68. The minimum Gasteiger partial charge on any atom is -0.295 e. The van der Waals surface area contributed by atoms with E-state index in [1.165, 1.54) is 60.5 Å². The van der Waals surface area contributed by atoms with Crippen LogP contribution >= 0.6 is 0 Å². The Balaban J connectivity index is 1.56. The lowest BCUT2D eigenvalue weighted by atomic mass is 10.0. The summed E-state index contributed by atoms with van der Waals surface area (Å²) in [6.45, 7) is 1.36. The number of sulfonamides is 1. The molecule has 3 aromatic rings. The first-order chi connectivity index (χ1) is 17.0. The van der Waals surface area contributed by atoms with Crippen LogP contribution < -0.4 is 9.73 Å². The first-order valence-corrected chi connectivity index (χ1v) is 12.2. The first-order valence-electron chi connectivity index (χ1n) is 10.7. The fourth-order valence-electron chi connectivity index (χ4n) is 3.73. The monoisotopic (exact) mass is 515 g/mol. The number of alkyl halides is 3. The summed E-state index contributed by atoms with van der Waals surface area (Å²) in [7, 11) is -4.27. The summed E-state index contributed by atoms with van der Waals surface area (Å²) in [5.74, 6) is -1.09. The van der Waals surface area contributed by atoms with E-state index in [4.69, 9.17) is 0 Å². The van der Waals surface area contributed by atoms with Gasteiger partial charge < -0.3 is 0 Å². The molecule has 4 rings (SSSR count). The van der Waals surface area contributed by atoms with Gasteiger partial charge >= 0.3 is 6.18 Å². The summed E-state index contributed by atoms with van der Waals surface area (Å²) in [5.41, 5.74) is 0.360. The fraction of sp³-hybridized carbons (Fsp3) is 0.160. The molecule has 0 aromatic heterocycles. The molecule has 1 aliphatic rings. The van der Waals surface area contributed by atoms with E-state index in [2.05, 4.69) is 5.10 Å². The predicted octanol–water partition coefficient (Wildman–Crippen LogP) is 4.88. The maximum absolute atomic E-state index is 13.4. The average molecular weight is 516 g/mol. The maximum Gasteiger partial charge on any atom is 0.431 e. The van der Waals surface area contributed by atoms with Gasteiger partial charge in [0.15, 0.2) is 5.78 Å². The molecule has 1 aliphatic heterocycles. The van der Waals surface area contributed by atoms with Crippen LogP contribution in [0.4, 0.5) is 18.9 Å². The summed E-state index contributed by atoms with van der Waals surface area (Å²) >= 11 is 0. The minimum atomic E-state index is -4.60. The Morgan fingerprint density at radius 2 is 1.50 bits per heavy atom. The Hall–Kier alpha value is -3.99. The van der Waals surface area contributed by atoms with Gasteiger partial charge in [-0.2, -0.15) is 18.3 Å². The highest BCUT2D eigenvalue weighted by atomic mass is 32.2. The number of halogens is 3. The summed E-state index contributed by atoms with van der Waals surface area (Å²) in [4.78, 5) is 23.5. The van der Waals surface area contributed by atoms with Crippen molar-refractivity contribution in [2.45, 2.75) is 30.5 Å². The van der Waals surface area contributed by atoms with Gasteiger partial charge in [0.05, 0.1) is 16.6 Å². The minimum absolute atomic E-state index is 0.0389. The van der Waals surface area contributed by atoms with Crippen molar-refractivity contribution in [3.63, 3.8) is 0 Å². The van der Waals surface area contributed by atoms with E-state index in [1.807, 2.05) is 4.72 Å². The van der Waals surface area contributed by atoms with E-state index in [-0.39, 0.29) is 28.4 Å². The third-order valence-electron chi connectivity index (χ3n) is 5.61. The van der Waals surface area contributed by atoms with Crippen LogP contribution in [0.2, 0.25) is 0 Å². The lowest BCUT2D eigenvalue weighted by Crippen LogP contribution is -2.30. The number of ketones is 1. The van der Waals surface area contributed by atoms with Crippen molar-refractivity contribution in [1.29, 1.82) is 0 Å². The molecule has 7 nitrogen and oxygen atoms in total. The molecule has 0 saturated carbocycles. The number of nitrogens with one attached hydrogen (secondary N) is 1. The molecule has 1 atom stereocenters. The van der Waals surface area contributed by atoms with Gasteiger partial charge in [-0.05, 0) is 48.9 Å². The van der Waals surface area contributed by atoms with Crippen molar-refractivity contribution in [3.05, 3.63) is 95.6 Å². The summed E-state index contributed by atoms with van der Waals surface area (Å²) in [5, 5.41) is 4.98. The Morgan fingerprint density at radius 3 is 2.06 bits per heavy atom. The van der Waals surface area contributed by atoms with E-state index in [0.717, 1.165) is 0 Å². The number of rotatable bonds is 6. The molecule has 0 fully saturated rings. The van der Waals surface area contributed by atoms with Gasteiger partial charge in [-0.25, -0.2) is 13.1 Å². The molecule has 36 heavy (non-hydrogen) atoms. The zero-order chi connectivity index (χ0) is 26.1. The standard InChI is InChI=1S/C25H20F3N3O4S/c1-16(32)17-7-9-19(10-8-17)24(33)30-36(34,35)21-13-11-20(12-14-21)31-22(18-5-3-2-4-6-18)15-23(29-31)25(26,27)28/h2-14,22H,15H2,1H3,(H,30,33). The van der Waals surface area contributed by atoms with Crippen LogP contribution in [0.1, 0.15) is 45.7 Å². The number of hydrazone groups is 1. The van der Waals surface area contributed by atoms with E-state index in [0.29, 0.717) is 11.1 Å². The zero-order valence-corrected chi connectivity index (χ0v) is 19.7. The first kappa shape index (κ1) is 25.1. The second-order valence-corrected chi connectivity index (χ2v) is 9.76. The summed E-state index contributed by atoms with van der Waals surface area (Å²) in [6, 6.07) is 18.4. The lowest BCUT2D eigenvalue weighted by molar-refractivity contribution is -0.0600. The van der Waals surface area contributed by atoms with Gasteiger partial charge in [0.2, 0.25) is 0 Å². The van der Waals surface area contributed by atoms with Crippen LogP contribution in [0.5, 0.6) is 0 Å². The van der Waals surface area contributed by atoms with Gasteiger partial charge in [0.25, 0.3) is 15.9 Å². The number of nitrogens with zero attached hydrogens (tertiary/aromatic N) is 2. The van der Waals surface area contributed by atoms with Crippen molar-refractivity contribution in [2.75, 3.05) is 5.01 Å². The molecule has 0 radical (unpaired) electrons. The number of anilines is 1. The molecule has 0 aliphatic carbocycles. The Labute approximate surface area is 205 Å². The molecule has 1 unspecified atom stereocenters. The van der Waals surface area contributed by atoms with Crippen LogP contribution in [0.3, 0.4) is 0 Å².